The van der Waals surface area contributed by atoms with Gasteiger partial charge in [0.1, 0.15) is 0 Å². The molecule has 1 amide bonds. The number of aryl methyl sites for hydroxylation is 1. The molecule has 1 aliphatic heterocycles. The van der Waals surface area contributed by atoms with Crippen molar-refractivity contribution in [3.8, 4) is 0 Å². The van der Waals surface area contributed by atoms with Crippen LogP contribution < -0.4 is 5.73 Å². The number of carbonyl (C=O) groups is 1. The molecule has 1 aromatic carbocycles. The highest BCUT2D eigenvalue weighted by atomic mass is 35.5. The molecule has 0 unspecified atom stereocenters. The minimum absolute atomic E-state index is 0. The third-order valence-electron chi connectivity index (χ3n) is 4.13. The number of likely N-dealkylation sites (tertiary alicyclic amines) is 1. The van der Waals surface area contributed by atoms with Crippen LogP contribution in [0.5, 0.6) is 0 Å². The highest BCUT2D eigenvalue weighted by molar-refractivity contribution is 5.87. The Morgan fingerprint density at radius 2 is 1.70 bits per heavy atom. The lowest BCUT2D eigenvalue weighted by atomic mass is 9.82. The summed E-state index contributed by atoms with van der Waals surface area (Å²) in [5, 5.41) is 0. The van der Waals surface area contributed by atoms with E-state index < -0.39 is 5.41 Å². The van der Waals surface area contributed by atoms with E-state index in [-0.39, 0.29) is 24.4 Å². The van der Waals surface area contributed by atoms with Crippen LogP contribution in [-0.2, 0) is 10.2 Å². The summed E-state index contributed by atoms with van der Waals surface area (Å²) in [6, 6.07) is 8.50. The van der Waals surface area contributed by atoms with E-state index in [1.165, 1.54) is 5.56 Å². The molecule has 4 heteroatoms. The molecule has 1 saturated heterocycles. The van der Waals surface area contributed by atoms with Crippen molar-refractivity contribution in [2.45, 2.75) is 45.1 Å². The molecule has 0 aliphatic carbocycles. The Kier molecular flexibility index (Phi) is 5.60. The molecule has 20 heavy (non-hydrogen) atoms. The molecule has 3 nitrogen and oxygen atoms in total. The smallest absolute Gasteiger partial charge is 0.232 e. The van der Waals surface area contributed by atoms with Crippen LogP contribution in [0.2, 0.25) is 0 Å². The summed E-state index contributed by atoms with van der Waals surface area (Å²) >= 11 is 0. The van der Waals surface area contributed by atoms with Gasteiger partial charge in [-0.15, -0.1) is 12.4 Å². The molecule has 2 rings (SSSR count). The molecule has 1 aliphatic rings. The summed E-state index contributed by atoms with van der Waals surface area (Å²) in [5.74, 6) is 0.211. The van der Waals surface area contributed by atoms with Crippen molar-refractivity contribution in [2.75, 3.05) is 13.1 Å². The first kappa shape index (κ1) is 17.0. The Hall–Kier alpha value is -1.06. The van der Waals surface area contributed by atoms with E-state index in [9.17, 15) is 4.79 Å². The standard InChI is InChI=1S/C16H24N2O.ClH/c1-12-4-6-13(7-5-12)16(2,3)15(19)18-10-8-14(17)9-11-18;/h4-7,14H,8-11,17H2,1-3H3;1H. The molecule has 1 heterocycles. The van der Waals surface area contributed by atoms with Gasteiger partial charge in [-0.1, -0.05) is 29.8 Å². The van der Waals surface area contributed by atoms with E-state index in [0.717, 1.165) is 31.5 Å². The first-order valence-corrected chi connectivity index (χ1v) is 7.03. The van der Waals surface area contributed by atoms with Crippen molar-refractivity contribution in [3.05, 3.63) is 35.4 Å². The average Bonchev–Trinajstić information content (AvgIpc) is 2.39. The number of halogens is 1. The van der Waals surface area contributed by atoms with Crippen molar-refractivity contribution < 1.29 is 4.79 Å². The molecular formula is C16H25ClN2O. The molecule has 1 aromatic rings. The molecule has 0 saturated carbocycles. The zero-order valence-corrected chi connectivity index (χ0v) is 13.4. The maximum absolute atomic E-state index is 12.7. The zero-order valence-electron chi connectivity index (χ0n) is 12.6. The van der Waals surface area contributed by atoms with Gasteiger partial charge in [-0.3, -0.25) is 4.79 Å². The molecule has 0 radical (unpaired) electrons. The molecule has 0 bridgehead atoms. The summed E-state index contributed by atoms with van der Waals surface area (Å²) in [7, 11) is 0. The topological polar surface area (TPSA) is 46.3 Å². The van der Waals surface area contributed by atoms with Gasteiger partial charge in [0.25, 0.3) is 0 Å². The van der Waals surface area contributed by atoms with Crippen molar-refractivity contribution in [1.29, 1.82) is 0 Å². The fraction of sp³-hybridized carbons (Fsp3) is 0.562. The molecule has 0 spiro atoms. The van der Waals surface area contributed by atoms with Crippen LogP contribution in [-0.4, -0.2) is 29.9 Å². The van der Waals surface area contributed by atoms with Gasteiger partial charge in [0.05, 0.1) is 5.41 Å². The van der Waals surface area contributed by atoms with Crippen molar-refractivity contribution in [3.63, 3.8) is 0 Å². The van der Waals surface area contributed by atoms with Gasteiger partial charge in [0.2, 0.25) is 5.91 Å². The number of piperidine rings is 1. The summed E-state index contributed by atoms with van der Waals surface area (Å²) < 4.78 is 0. The van der Waals surface area contributed by atoms with Gasteiger partial charge in [-0.2, -0.15) is 0 Å². The average molecular weight is 297 g/mol. The second-order valence-electron chi connectivity index (χ2n) is 6.12. The molecule has 1 fully saturated rings. The molecule has 0 atom stereocenters. The number of amides is 1. The Balaban J connectivity index is 0.00000200. The molecule has 112 valence electrons. The van der Waals surface area contributed by atoms with Crippen LogP contribution in [0, 0.1) is 6.92 Å². The van der Waals surface area contributed by atoms with E-state index in [0.29, 0.717) is 0 Å². The molecular weight excluding hydrogens is 272 g/mol. The van der Waals surface area contributed by atoms with Gasteiger partial charge >= 0.3 is 0 Å². The number of nitrogens with two attached hydrogens (primary N) is 1. The molecule has 2 N–H and O–H groups in total. The quantitative estimate of drug-likeness (QED) is 0.912. The SMILES string of the molecule is Cc1ccc(C(C)(C)C(=O)N2CCC(N)CC2)cc1.Cl. The van der Waals surface area contributed by atoms with Crippen LogP contribution in [0.3, 0.4) is 0 Å². The molecule has 0 aromatic heterocycles. The first-order valence-electron chi connectivity index (χ1n) is 7.03. The summed E-state index contributed by atoms with van der Waals surface area (Å²) in [5.41, 5.74) is 7.73. The van der Waals surface area contributed by atoms with E-state index in [4.69, 9.17) is 5.73 Å². The maximum atomic E-state index is 12.7. The summed E-state index contributed by atoms with van der Waals surface area (Å²) in [4.78, 5) is 14.7. The van der Waals surface area contributed by atoms with E-state index in [2.05, 4.69) is 31.2 Å². The Morgan fingerprint density at radius 3 is 2.20 bits per heavy atom. The lowest BCUT2D eigenvalue weighted by molar-refractivity contribution is -0.137. The second kappa shape index (κ2) is 6.59. The summed E-state index contributed by atoms with van der Waals surface area (Å²) in [6.07, 6.45) is 1.82. The van der Waals surface area contributed by atoms with Crippen LogP contribution in [0.15, 0.2) is 24.3 Å². The van der Waals surface area contributed by atoms with Crippen molar-refractivity contribution in [2.24, 2.45) is 5.73 Å². The number of hydrogen-bond acceptors (Lipinski definition) is 2. The van der Waals surface area contributed by atoms with E-state index >= 15 is 0 Å². The minimum atomic E-state index is -0.463. The normalized spacial score (nSPS) is 16.7. The van der Waals surface area contributed by atoms with E-state index in [1.807, 2.05) is 18.7 Å². The number of benzene rings is 1. The van der Waals surface area contributed by atoms with Crippen LogP contribution >= 0.6 is 12.4 Å². The third-order valence-corrected chi connectivity index (χ3v) is 4.13. The lowest BCUT2D eigenvalue weighted by Gasteiger charge is -2.36. The lowest BCUT2D eigenvalue weighted by Crippen LogP contribution is -2.49. The number of rotatable bonds is 2. The maximum Gasteiger partial charge on any atom is 0.232 e. The fourth-order valence-electron chi connectivity index (χ4n) is 2.59. The van der Waals surface area contributed by atoms with Crippen LogP contribution in [0.1, 0.15) is 37.8 Å². The zero-order chi connectivity index (χ0) is 14.0. The predicted octanol–water partition coefficient (Wildman–Crippen LogP) is 2.64. The highest BCUT2D eigenvalue weighted by Crippen LogP contribution is 2.27. The summed E-state index contributed by atoms with van der Waals surface area (Å²) in [6.45, 7) is 7.65. The highest BCUT2D eigenvalue weighted by Gasteiger charge is 2.34. The Labute approximate surface area is 127 Å². The van der Waals surface area contributed by atoms with Crippen LogP contribution in [0.25, 0.3) is 0 Å². The fourth-order valence-corrected chi connectivity index (χ4v) is 2.59. The van der Waals surface area contributed by atoms with E-state index in [1.54, 1.807) is 0 Å². The Bertz CT molecular complexity index is 448. The first-order chi connectivity index (χ1) is 8.91. The third kappa shape index (κ3) is 3.53. The van der Waals surface area contributed by atoms with Crippen molar-refractivity contribution >= 4 is 18.3 Å². The largest absolute Gasteiger partial charge is 0.342 e. The number of nitrogens with zero attached hydrogens (tertiary/aromatic N) is 1. The van der Waals surface area contributed by atoms with Gasteiger partial charge in [0.15, 0.2) is 0 Å². The van der Waals surface area contributed by atoms with Gasteiger partial charge in [0, 0.05) is 19.1 Å². The number of carbonyl (C=O) groups excluding carboxylic acids is 1. The van der Waals surface area contributed by atoms with Gasteiger partial charge in [-0.05, 0) is 39.2 Å². The van der Waals surface area contributed by atoms with Crippen LogP contribution in [0.4, 0.5) is 0 Å². The second-order valence-corrected chi connectivity index (χ2v) is 6.12. The monoisotopic (exact) mass is 296 g/mol. The Morgan fingerprint density at radius 1 is 1.20 bits per heavy atom. The predicted molar refractivity (Wildman–Crippen MR) is 85.2 cm³/mol. The minimum Gasteiger partial charge on any atom is -0.342 e. The van der Waals surface area contributed by atoms with Crippen molar-refractivity contribution in [1.82, 2.24) is 4.90 Å². The van der Waals surface area contributed by atoms with Gasteiger partial charge < -0.3 is 10.6 Å². The van der Waals surface area contributed by atoms with Gasteiger partial charge in [-0.25, -0.2) is 0 Å². The number of hydrogen-bond donors (Lipinski definition) is 1.